The Kier molecular flexibility index (Phi) is 2.74. The third-order valence-corrected chi connectivity index (χ3v) is 1.47. The maximum atomic E-state index is 10.2. The topological polar surface area (TPSA) is 49.7 Å². The zero-order valence-electron chi connectivity index (χ0n) is 6.03. The summed E-state index contributed by atoms with van der Waals surface area (Å²) in [7, 11) is 0. The number of aliphatic hydroxyl groups excluding tert-OH is 1. The molecule has 0 aliphatic heterocycles. The highest BCUT2D eigenvalue weighted by molar-refractivity contribution is 5.45. The van der Waals surface area contributed by atoms with E-state index in [1.54, 1.807) is 18.2 Å². The van der Waals surface area contributed by atoms with E-state index >= 15 is 0 Å². The molecule has 11 heavy (non-hydrogen) atoms. The average Bonchev–Trinajstić information content (AvgIpc) is 2.06. The summed E-state index contributed by atoms with van der Waals surface area (Å²) >= 11 is 0. The third kappa shape index (κ3) is 1.85. The standard InChI is InChI=1S/C8H9NO2/c10-6-5-7-3-1-2-4-8(7)9-11/h1-4,10H,5-6H2. The zero-order chi connectivity index (χ0) is 8.10. The van der Waals surface area contributed by atoms with Gasteiger partial charge in [0.15, 0.2) is 0 Å². The number of aliphatic hydroxyl groups is 1. The van der Waals surface area contributed by atoms with Gasteiger partial charge in [-0.25, -0.2) is 0 Å². The molecule has 0 radical (unpaired) electrons. The van der Waals surface area contributed by atoms with Gasteiger partial charge >= 0.3 is 0 Å². The second-order valence-electron chi connectivity index (χ2n) is 2.19. The smallest absolute Gasteiger partial charge is 0.111 e. The van der Waals surface area contributed by atoms with Crippen LogP contribution in [0.3, 0.4) is 0 Å². The summed E-state index contributed by atoms with van der Waals surface area (Å²) in [5.41, 5.74) is 1.21. The largest absolute Gasteiger partial charge is 0.396 e. The Morgan fingerprint density at radius 2 is 2.09 bits per heavy atom. The van der Waals surface area contributed by atoms with Crippen molar-refractivity contribution in [2.75, 3.05) is 6.61 Å². The quantitative estimate of drug-likeness (QED) is 0.667. The highest BCUT2D eigenvalue weighted by atomic mass is 16.3. The normalized spacial score (nSPS) is 9.55. The zero-order valence-corrected chi connectivity index (χ0v) is 6.03. The third-order valence-electron chi connectivity index (χ3n) is 1.47. The van der Waals surface area contributed by atoms with Crippen molar-refractivity contribution in [2.45, 2.75) is 6.42 Å². The van der Waals surface area contributed by atoms with Crippen LogP contribution in [0.2, 0.25) is 0 Å². The van der Waals surface area contributed by atoms with Gasteiger partial charge in [0.1, 0.15) is 5.69 Å². The van der Waals surface area contributed by atoms with Gasteiger partial charge in [-0.2, -0.15) is 0 Å². The lowest BCUT2D eigenvalue weighted by molar-refractivity contribution is 0.300. The molecule has 1 aromatic carbocycles. The summed E-state index contributed by atoms with van der Waals surface area (Å²) in [6, 6.07) is 6.99. The van der Waals surface area contributed by atoms with Crippen molar-refractivity contribution in [3.63, 3.8) is 0 Å². The van der Waals surface area contributed by atoms with Crippen LogP contribution in [0.5, 0.6) is 0 Å². The first-order valence-electron chi connectivity index (χ1n) is 3.40. The molecule has 1 rings (SSSR count). The molecule has 1 aromatic rings. The molecule has 0 unspecified atom stereocenters. The monoisotopic (exact) mass is 151 g/mol. The van der Waals surface area contributed by atoms with Crippen molar-refractivity contribution in [1.29, 1.82) is 0 Å². The molecule has 0 aliphatic rings. The van der Waals surface area contributed by atoms with Gasteiger partial charge in [-0.3, -0.25) is 0 Å². The summed E-state index contributed by atoms with van der Waals surface area (Å²) in [5.74, 6) is 0. The Morgan fingerprint density at radius 3 is 2.73 bits per heavy atom. The molecule has 0 amide bonds. The number of hydrogen-bond donors (Lipinski definition) is 1. The lowest BCUT2D eigenvalue weighted by Crippen LogP contribution is -1.89. The maximum Gasteiger partial charge on any atom is 0.111 e. The van der Waals surface area contributed by atoms with E-state index in [1.165, 1.54) is 0 Å². The number of benzene rings is 1. The van der Waals surface area contributed by atoms with Gasteiger partial charge in [0.25, 0.3) is 0 Å². The predicted molar refractivity (Wildman–Crippen MR) is 42.7 cm³/mol. The second kappa shape index (κ2) is 3.83. The van der Waals surface area contributed by atoms with Crippen molar-refractivity contribution in [2.24, 2.45) is 5.18 Å². The summed E-state index contributed by atoms with van der Waals surface area (Å²) in [4.78, 5) is 10.2. The lowest BCUT2D eigenvalue weighted by Gasteiger charge is -1.98. The molecule has 0 aromatic heterocycles. The van der Waals surface area contributed by atoms with E-state index in [2.05, 4.69) is 5.18 Å². The first-order valence-corrected chi connectivity index (χ1v) is 3.40. The van der Waals surface area contributed by atoms with E-state index < -0.39 is 0 Å². The van der Waals surface area contributed by atoms with Crippen molar-refractivity contribution in [3.8, 4) is 0 Å². The van der Waals surface area contributed by atoms with E-state index in [0.29, 0.717) is 12.1 Å². The van der Waals surface area contributed by atoms with E-state index in [4.69, 9.17) is 5.11 Å². The molecule has 3 nitrogen and oxygen atoms in total. The predicted octanol–water partition coefficient (Wildman–Crippen LogP) is 1.62. The molecule has 0 heterocycles. The van der Waals surface area contributed by atoms with Crippen LogP contribution in [0.15, 0.2) is 29.4 Å². The lowest BCUT2D eigenvalue weighted by atomic mass is 10.1. The Hall–Kier alpha value is -1.22. The molecule has 3 heteroatoms. The fraction of sp³-hybridized carbons (Fsp3) is 0.250. The molecular formula is C8H9NO2. The van der Waals surface area contributed by atoms with Gasteiger partial charge in [-0.05, 0) is 23.2 Å². The molecule has 0 atom stereocenters. The summed E-state index contributed by atoms with van der Waals surface area (Å²) in [6.07, 6.45) is 0.488. The summed E-state index contributed by atoms with van der Waals surface area (Å²) in [6.45, 7) is 0.0481. The van der Waals surface area contributed by atoms with E-state index in [-0.39, 0.29) is 6.61 Å². The fourth-order valence-electron chi connectivity index (χ4n) is 0.932. The number of hydrogen-bond acceptors (Lipinski definition) is 3. The van der Waals surface area contributed by atoms with Gasteiger partial charge in [0.05, 0.1) is 0 Å². The van der Waals surface area contributed by atoms with Crippen LogP contribution >= 0.6 is 0 Å². The SMILES string of the molecule is O=Nc1ccccc1CCO. The van der Waals surface area contributed by atoms with Gasteiger partial charge in [-0.15, -0.1) is 4.91 Å². The van der Waals surface area contributed by atoms with Crippen LogP contribution in [0.1, 0.15) is 5.56 Å². The van der Waals surface area contributed by atoms with Gasteiger partial charge in [-0.1, -0.05) is 18.2 Å². The fourth-order valence-corrected chi connectivity index (χ4v) is 0.932. The minimum absolute atomic E-state index is 0.0481. The van der Waals surface area contributed by atoms with Crippen LogP contribution in [0, 0.1) is 4.91 Å². The molecule has 0 saturated heterocycles. The summed E-state index contributed by atoms with van der Waals surface area (Å²) < 4.78 is 0. The summed E-state index contributed by atoms with van der Waals surface area (Å²) in [5, 5.41) is 11.4. The van der Waals surface area contributed by atoms with Crippen molar-refractivity contribution >= 4 is 5.69 Å². The number of rotatable bonds is 3. The Bertz CT molecular complexity index is 248. The molecule has 0 bridgehead atoms. The van der Waals surface area contributed by atoms with Crippen LogP contribution in [0.25, 0.3) is 0 Å². The minimum atomic E-state index is 0.0481. The second-order valence-corrected chi connectivity index (χ2v) is 2.19. The van der Waals surface area contributed by atoms with Gasteiger partial charge in [0, 0.05) is 6.61 Å². The van der Waals surface area contributed by atoms with E-state index in [1.807, 2.05) is 6.07 Å². The van der Waals surface area contributed by atoms with E-state index in [9.17, 15) is 4.91 Å². The van der Waals surface area contributed by atoms with Crippen molar-refractivity contribution in [3.05, 3.63) is 34.7 Å². The van der Waals surface area contributed by atoms with E-state index in [0.717, 1.165) is 5.56 Å². The Balaban J connectivity index is 2.92. The van der Waals surface area contributed by atoms with Crippen LogP contribution in [-0.4, -0.2) is 11.7 Å². The molecular weight excluding hydrogens is 142 g/mol. The Labute approximate surface area is 64.7 Å². The molecule has 0 spiro atoms. The maximum absolute atomic E-state index is 10.2. The molecule has 58 valence electrons. The van der Waals surface area contributed by atoms with Gasteiger partial charge < -0.3 is 5.11 Å². The first kappa shape index (κ1) is 7.88. The van der Waals surface area contributed by atoms with Crippen LogP contribution in [-0.2, 0) is 6.42 Å². The van der Waals surface area contributed by atoms with Crippen molar-refractivity contribution in [1.82, 2.24) is 0 Å². The highest BCUT2D eigenvalue weighted by Crippen LogP contribution is 2.17. The average molecular weight is 151 g/mol. The van der Waals surface area contributed by atoms with Crippen molar-refractivity contribution < 1.29 is 5.11 Å². The Morgan fingerprint density at radius 1 is 1.36 bits per heavy atom. The van der Waals surface area contributed by atoms with Crippen LogP contribution in [0.4, 0.5) is 5.69 Å². The number of nitrogens with zero attached hydrogens (tertiary/aromatic N) is 1. The minimum Gasteiger partial charge on any atom is -0.396 e. The molecule has 1 N–H and O–H groups in total. The number of nitroso groups, excluding NO2 is 1. The van der Waals surface area contributed by atoms with Crippen LogP contribution < -0.4 is 0 Å². The molecule has 0 fully saturated rings. The molecule has 0 aliphatic carbocycles. The molecule has 0 saturated carbocycles. The van der Waals surface area contributed by atoms with Gasteiger partial charge in [0.2, 0.25) is 0 Å². The highest BCUT2D eigenvalue weighted by Gasteiger charge is 1.98. The first-order chi connectivity index (χ1) is 5.38.